The number of hydrogen-bond acceptors (Lipinski definition) is 5. The molecule has 9 heteroatoms. The summed E-state index contributed by atoms with van der Waals surface area (Å²) in [5, 5.41) is 2.62. The van der Waals surface area contributed by atoms with Crippen molar-refractivity contribution in [3.63, 3.8) is 0 Å². The lowest BCUT2D eigenvalue weighted by Crippen LogP contribution is -2.12. The molecule has 0 saturated carbocycles. The van der Waals surface area contributed by atoms with Crippen LogP contribution in [0.15, 0.2) is 53.6 Å². The van der Waals surface area contributed by atoms with Crippen molar-refractivity contribution in [2.45, 2.75) is 4.90 Å². The molecule has 26 heavy (non-hydrogen) atoms. The van der Waals surface area contributed by atoms with Gasteiger partial charge in [0, 0.05) is 11.8 Å². The van der Waals surface area contributed by atoms with Gasteiger partial charge in [-0.2, -0.15) is 0 Å². The van der Waals surface area contributed by atoms with Crippen molar-refractivity contribution in [2.75, 3.05) is 11.6 Å². The van der Waals surface area contributed by atoms with Gasteiger partial charge < -0.3 is 5.32 Å². The molecule has 0 spiro atoms. The first-order valence-electron chi connectivity index (χ1n) is 7.27. The van der Waals surface area contributed by atoms with Gasteiger partial charge in [-0.3, -0.25) is 4.79 Å². The molecule has 1 heterocycles. The van der Waals surface area contributed by atoms with E-state index in [4.69, 9.17) is 0 Å². The molecular weight excluding hydrogens is 382 g/mol. The monoisotopic (exact) mass is 394 g/mol. The Bertz CT molecular complexity index is 1090. The van der Waals surface area contributed by atoms with Crippen LogP contribution in [-0.2, 0) is 9.84 Å². The highest BCUT2D eigenvalue weighted by molar-refractivity contribution is 7.90. The zero-order valence-corrected chi connectivity index (χ0v) is 15.0. The predicted molar refractivity (Wildman–Crippen MR) is 95.0 cm³/mol. The summed E-state index contributed by atoms with van der Waals surface area (Å²) in [5.74, 6) is -1.92. The minimum atomic E-state index is -3.55. The number of amides is 1. The first-order valence-corrected chi connectivity index (χ1v) is 9.98. The largest absolute Gasteiger partial charge is 0.319 e. The zero-order valence-electron chi connectivity index (χ0n) is 13.4. The molecule has 0 atom stereocenters. The number of rotatable bonds is 4. The van der Waals surface area contributed by atoms with Gasteiger partial charge >= 0.3 is 0 Å². The molecule has 1 N–H and O–H groups in total. The highest BCUT2D eigenvalue weighted by Gasteiger charge is 2.17. The molecule has 0 unspecified atom stereocenters. The maximum Gasteiger partial charge on any atom is 0.267 e. The Morgan fingerprint density at radius 3 is 2.54 bits per heavy atom. The van der Waals surface area contributed by atoms with Crippen LogP contribution in [0.5, 0.6) is 0 Å². The van der Waals surface area contributed by atoms with Gasteiger partial charge in [0.05, 0.1) is 16.8 Å². The van der Waals surface area contributed by atoms with Gasteiger partial charge in [-0.15, -0.1) is 11.3 Å². The zero-order chi connectivity index (χ0) is 18.9. The van der Waals surface area contributed by atoms with Crippen LogP contribution >= 0.6 is 11.3 Å². The molecule has 0 aliphatic heterocycles. The second kappa shape index (κ2) is 6.93. The Hall–Kier alpha value is -2.65. The van der Waals surface area contributed by atoms with Gasteiger partial charge in [-0.1, -0.05) is 12.1 Å². The lowest BCUT2D eigenvalue weighted by molar-refractivity contribution is 0.102. The number of halogens is 2. The molecule has 2 aromatic carbocycles. The second-order valence-electron chi connectivity index (χ2n) is 5.38. The lowest BCUT2D eigenvalue weighted by atomic mass is 10.2. The van der Waals surface area contributed by atoms with Crippen LogP contribution in [0.3, 0.4) is 0 Å². The molecule has 0 radical (unpaired) electrons. The van der Waals surface area contributed by atoms with Gasteiger partial charge in [0.25, 0.3) is 5.91 Å². The topological polar surface area (TPSA) is 76.1 Å². The number of carbonyl (C=O) groups is 1. The molecule has 0 saturated heterocycles. The number of anilines is 1. The van der Waals surface area contributed by atoms with E-state index in [9.17, 15) is 22.0 Å². The van der Waals surface area contributed by atoms with Crippen molar-refractivity contribution in [1.82, 2.24) is 4.98 Å². The molecule has 0 fully saturated rings. The molecule has 0 aliphatic rings. The maximum absolute atomic E-state index is 13.9. The van der Waals surface area contributed by atoms with Crippen LogP contribution in [0.4, 0.5) is 14.5 Å². The molecule has 0 bridgehead atoms. The Morgan fingerprint density at radius 2 is 1.85 bits per heavy atom. The standard InChI is InChI=1S/C17H12F2N2O3S2/c1-26(23,24)10-6-7-13(19)14(8-10)21-16(22)15-9-20-17(25-15)11-4-2-3-5-12(11)18/h2-9H,1H3,(H,21,22). The van der Waals surface area contributed by atoms with Crippen molar-refractivity contribution in [3.05, 3.63) is 65.2 Å². The van der Waals surface area contributed by atoms with E-state index in [0.717, 1.165) is 35.8 Å². The van der Waals surface area contributed by atoms with Crippen molar-refractivity contribution >= 4 is 32.8 Å². The van der Waals surface area contributed by atoms with Crippen molar-refractivity contribution in [2.24, 2.45) is 0 Å². The minimum Gasteiger partial charge on any atom is -0.319 e. The summed E-state index contributed by atoms with van der Waals surface area (Å²) in [5.41, 5.74) is -0.0134. The second-order valence-corrected chi connectivity index (χ2v) is 8.42. The number of carbonyl (C=O) groups excluding carboxylic acids is 1. The van der Waals surface area contributed by atoms with Crippen molar-refractivity contribution in [3.8, 4) is 10.6 Å². The first kappa shape index (κ1) is 18.2. The van der Waals surface area contributed by atoms with Crippen LogP contribution < -0.4 is 5.32 Å². The molecule has 0 aliphatic carbocycles. The fourth-order valence-corrected chi connectivity index (χ4v) is 3.64. The predicted octanol–water partition coefficient (Wildman–Crippen LogP) is 3.74. The Kier molecular flexibility index (Phi) is 4.84. The normalized spacial score (nSPS) is 11.3. The fraction of sp³-hybridized carbons (Fsp3) is 0.0588. The number of benzene rings is 2. The summed E-state index contributed by atoms with van der Waals surface area (Å²) < 4.78 is 50.8. The Balaban J connectivity index is 1.87. The van der Waals surface area contributed by atoms with Gasteiger partial charge in [-0.05, 0) is 30.3 Å². The van der Waals surface area contributed by atoms with Gasteiger partial charge in [0.15, 0.2) is 9.84 Å². The van der Waals surface area contributed by atoms with E-state index in [1.807, 2.05) is 0 Å². The van der Waals surface area contributed by atoms with E-state index >= 15 is 0 Å². The smallest absolute Gasteiger partial charge is 0.267 e. The minimum absolute atomic E-state index is 0.120. The summed E-state index contributed by atoms with van der Waals surface area (Å²) in [7, 11) is -3.55. The van der Waals surface area contributed by atoms with Gasteiger partial charge in [0.1, 0.15) is 21.5 Å². The third-order valence-electron chi connectivity index (χ3n) is 3.45. The van der Waals surface area contributed by atoms with Crippen LogP contribution in [0, 0.1) is 11.6 Å². The molecule has 1 amide bonds. The summed E-state index contributed by atoms with van der Waals surface area (Å²) >= 11 is 0.939. The quantitative estimate of drug-likeness (QED) is 0.684. The molecule has 5 nitrogen and oxygen atoms in total. The van der Waals surface area contributed by atoms with Crippen LogP contribution in [0.25, 0.3) is 10.6 Å². The van der Waals surface area contributed by atoms with E-state index in [0.29, 0.717) is 5.01 Å². The molecule has 134 valence electrons. The first-order chi connectivity index (χ1) is 12.3. The third-order valence-corrected chi connectivity index (χ3v) is 5.59. The fourth-order valence-electron chi connectivity index (χ4n) is 2.15. The van der Waals surface area contributed by atoms with Gasteiger partial charge in [0.2, 0.25) is 0 Å². The molecule has 3 rings (SSSR count). The van der Waals surface area contributed by atoms with Gasteiger partial charge in [-0.25, -0.2) is 22.2 Å². The number of nitrogens with one attached hydrogen (secondary N) is 1. The highest BCUT2D eigenvalue weighted by Crippen LogP contribution is 2.28. The van der Waals surface area contributed by atoms with E-state index < -0.39 is 27.4 Å². The molecule has 1 aromatic heterocycles. The SMILES string of the molecule is CS(=O)(=O)c1ccc(F)c(NC(=O)c2cnc(-c3ccccc3F)s2)c1. The number of nitrogens with zero attached hydrogens (tertiary/aromatic N) is 1. The average molecular weight is 394 g/mol. The molecular formula is C17H12F2N2O3S2. The van der Waals surface area contributed by atoms with E-state index in [-0.39, 0.29) is 21.0 Å². The van der Waals surface area contributed by atoms with Crippen LogP contribution in [0.1, 0.15) is 9.67 Å². The van der Waals surface area contributed by atoms with Crippen molar-refractivity contribution in [1.29, 1.82) is 0 Å². The molecule has 3 aromatic rings. The van der Waals surface area contributed by atoms with E-state index in [1.54, 1.807) is 6.07 Å². The summed E-state index contributed by atoms with van der Waals surface area (Å²) in [4.78, 5) is 16.3. The summed E-state index contributed by atoms with van der Waals surface area (Å²) in [6.45, 7) is 0. The highest BCUT2D eigenvalue weighted by atomic mass is 32.2. The number of sulfone groups is 1. The summed E-state index contributed by atoms with van der Waals surface area (Å²) in [6.07, 6.45) is 2.23. The number of thiazole rings is 1. The van der Waals surface area contributed by atoms with Crippen molar-refractivity contribution < 1.29 is 22.0 Å². The van der Waals surface area contributed by atoms with E-state index in [1.165, 1.54) is 24.4 Å². The maximum atomic E-state index is 13.9. The third kappa shape index (κ3) is 3.78. The summed E-state index contributed by atoms with van der Waals surface area (Å²) in [6, 6.07) is 9.12. The Labute approximate surface area is 152 Å². The average Bonchev–Trinajstić information content (AvgIpc) is 3.06. The number of hydrogen-bond donors (Lipinski definition) is 1. The van der Waals surface area contributed by atoms with Crippen LogP contribution in [-0.4, -0.2) is 25.6 Å². The Morgan fingerprint density at radius 1 is 1.12 bits per heavy atom. The van der Waals surface area contributed by atoms with Crippen LogP contribution in [0.2, 0.25) is 0 Å². The number of aromatic nitrogens is 1. The lowest BCUT2D eigenvalue weighted by Gasteiger charge is -2.07. The van der Waals surface area contributed by atoms with E-state index in [2.05, 4.69) is 10.3 Å².